The molecule has 0 bridgehead atoms. The Bertz CT molecular complexity index is 102. The van der Waals surface area contributed by atoms with E-state index in [9.17, 15) is 0 Å². The van der Waals surface area contributed by atoms with Gasteiger partial charge in [0.25, 0.3) is 0 Å². The van der Waals surface area contributed by atoms with Gasteiger partial charge in [0.1, 0.15) is 0 Å². The highest BCUT2D eigenvalue weighted by Crippen LogP contribution is 2.15. The standard InChI is InChI=1S/C10H22O2/c1-8(2)5-6-10(12-4)9(3)7-11/h8-11H,5-7H2,1-4H3. The molecule has 74 valence electrons. The summed E-state index contributed by atoms with van der Waals surface area (Å²) in [5, 5.41) is 8.92. The molecular weight excluding hydrogens is 152 g/mol. The van der Waals surface area contributed by atoms with E-state index in [1.54, 1.807) is 7.11 Å². The molecule has 0 fully saturated rings. The second kappa shape index (κ2) is 6.44. The van der Waals surface area contributed by atoms with Crippen molar-refractivity contribution in [2.75, 3.05) is 13.7 Å². The van der Waals surface area contributed by atoms with Crippen LogP contribution < -0.4 is 0 Å². The van der Waals surface area contributed by atoms with E-state index >= 15 is 0 Å². The van der Waals surface area contributed by atoms with Crippen LogP contribution in [0.15, 0.2) is 0 Å². The molecule has 12 heavy (non-hydrogen) atoms. The van der Waals surface area contributed by atoms with Crippen molar-refractivity contribution in [2.45, 2.75) is 39.7 Å². The summed E-state index contributed by atoms with van der Waals surface area (Å²) in [5.41, 5.74) is 0. The Morgan fingerprint density at radius 3 is 2.08 bits per heavy atom. The van der Waals surface area contributed by atoms with E-state index in [4.69, 9.17) is 9.84 Å². The van der Waals surface area contributed by atoms with Gasteiger partial charge in [-0.3, -0.25) is 0 Å². The molecule has 0 rings (SSSR count). The lowest BCUT2D eigenvalue weighted by molar-refractivity contribution is 0.0248. The Balaban J connectivity index is 3.67. The van der Waals surface area contributed by atoms with Crippen molar-refractivity contribution in [1.29, 1.82) is 0 Å². The van der Waals surface area contributed by atoms with Crippen molar-refractivity contribution in [1.82, 2.24) is 0 Å². The maximum absolute atomic E-state index is 8.92. The first-order valence-electron chi connectivity index (χ1n) is 4.75. The summed E-state index contributed by atoms with van der Waals surface area (Å²) >= 11 is 0. The molecule has 0 amide bonds. The summed E-state index contributed by atoms with van der Waals surface area (Å²) in [6, 6.07) is 0. The van der Waals surface area contributed by atoms with Gasteiger partial charge in [0, 0.05) is 19.6 Å². The Kier molecular flexibility index (Phi) is 6.39. The van der Waals surface area contributed by atoms with Gasteiger partial charge in [-0.15, -0.1) is 0 Å². The molecule has 0 aromatic carbocycles. The summed E-state index contributed by atoms with van der Waals surface area (Å²) in [6.45, 7) is 6.65. The molecule has 0 saturated carbocycles. The lowest BCUT2D eigenvalue weighted by atomic mass is 9.97. The number of methoxy groups -OCH3 is 1. The van der Waals surface area contributed by atoms with Gasteiger partial charge in [0.15, 0.2) is 0 Å². The van der Waals surface area contributed by atoms with E-state index in [0.717, 1.165) is 6.42 Å². The summed E-state index contributed by atoms with van der Waals surface area (Å²) < 4.78 is 5.29. The Hall–Kier alpha value is -0.0800. The normalized spacial score (nSPS) is 16.5. The highest BCUT2D eigenvalue weighted by atomic mass is 16.5. The molecule has 2 atom stereocenters. The third kappa shape index (κ3) is 4.73. The van der Waals surface area contributed by atoms with Crippen molar-refractivity contribution in [3.63, 3.8) is 0 Å². The summed E-state index contributed by atoms with van der Waals surface area (Å²) in [5.74, 6) is 0.974. The van der Waals surface area contributed by atoms with Gasteiger partial charge in [-0.2, -0.15) is 0 Å². The second-order valence-electron chi connectivity index (χ2n) is 3.91. The number of hydrogen-bond donors (Lipinski definition) is 1. The molecule has 1 N–H and O–H groups in total. The molecule has 0 aliphatic carbocycles. The molecule has 2 heteroatoms. The van der Waals surface area contributed by atoms with Crippen LogP contribution in [-0.4, -0.2) is 24.9 Å². The summed E-state index contributed by atoms with van der Waals surface area (Å²) in [7, 11) is 1.72. The number of aliphatic hydroxyl groups is 1. The molecule has 0 aromatic heterocycles. The first-order valence-corrected chi connectivity index (χ1v) is 4.75. The molecule has 0 spiro atoms. The zero-order valence-corrected chi connectivity index (χ0v) is 8.71. The van der Waals surface area contributed by atoms with E-state index in [-0.39, 0.29) is 18.6 Å². The average Bonchev–Trinajstić information content (AvgIpc) is 2.04. The third-order valence-corrected chi connectivity index (χ3v) is 2.25. The summed E-state index contributed by atoms with van der Waals surface area (Å²) in [4.78, 5) is 0. The largest absolute Gasteiger partial charge is 0.396 e. The zero-order chi connectivity index (χ0) is 9.56. The van der Waals surface area contributed by atoms with Gasteiger partial charge in [0.2, 0.25) is 0 Å². The first kappa shape index (κ1) is 11.9. The SMILES string of the molecule is COC(CCC(C)C)C(C)CO. The fourth-order valence-corrected chi connectivity index (χ4v) is 1.25. The van der Waals surface area contributed by atoms with Crippen LogP contribution in [0.4, 0.5) is 0 Å². The number of ether oxygens (including phenoxy) is 1. The van der Waals surface area contributed by atoms with Crippen LogP contribution in [-0.2, 0) is 4.74 Å². The molecule has 0 aromatic rings. The minimum atomic E-state index is 0.219. The Morgan fingerprint density at radius 1 is 1.17 bits per heavy atom. The highest BCUT2D eigenvalue weighted by Gasteiger charge is 2.15. The van der Waals surface area contributed by atoms with Gasteiger partial charge >= 0.3 is 0 Å². The van der Waals surface area contributed by atoms with Crippen LogP contribution in [0.25, 0.3) is 0 Å². The monoisotopic (exact) mass is 174 g/mol. The van der Waals surface area contributed by atoms with E-state index in [0.29, 0.717) is 5.92 Å². The number of rotatable bonds is 6. The van der Waals surface area contributed by atoms with Crippen LogP contribution in [0.3, 0.4) is 0 Å². The van der Waals surface area contributed by atoms with Crippen molar-refractivity contribution >= 4 is 0 Å². The molecule has 2 unspecified atom stereocenters. The van der Waals surface area contributed by atoms with E-state index in [1.807, 2.05) is 6.92 Å². The fraction of sp³-hybridized carbons (Fsp3) is 1.00. The van der Waals surface area contributed by atoms with Gasteiger partial charge in [-0.05, 0) is 18.8 Å². The highest BCUT2D eigenvalue weighted by molar-refractivity contribution is 4.65. The van der Waals surface area contributed by atoms with Crippen LogP contribution >= 0.6 is 0 Å². The maximum atomic E-state index is 8.92. The predicted octanol–water partition coefficient (Wildman–Crippen LogP) is 2.07. The maximum Gasteiger partial charge on any atom is 0.0618 e. The third-order valence-electron chi connectivity index (χ3n) is 2.25. The molecular formula is C10H22O2. The summed E-state index contributed by atoms with van der Waals surface area (Å²) in [6.07, 6.45) is 2.44. The van der Waals surface area contributed by atoms with Crippen molar-refractivity contribution < 1.29 is 9.84 Å². The molecule has 0 aliphatic heterocycles. The topological polar surface area (TPSA) is 29.5 Å². The van der Waals surface area contributed by atoms with E-state index in [1.165, 1.54) is 6.42 Å². The molecule has 0 saturated heterocycles. The molecule has 0 radical (unpaired) electrons. The van der Waals surface area contributed by atoms with Crippen LogP contribution in [0.1, 0.15) is 33.6 Å². The minimum Gasteiger partial charge on any atom is -0.396 e. The van der Waals surface area contributed by atoms with Crippen molar-refractivity contribution in [3.8, 4) is 0 Å². The van der Waals surface area contributed by atoms with E-state index in [2.05, 4.69) is 13.8 Å². The van der Waals surface area contributed by atoms with Crippen molar-refractivity contribution in [3.05, 3.63) is 0 Å². The Morgan fingerprint density at radius 2 is 1.75 bits per heavy atom. The first-order chi connectivity index (χ1) is 5.61. The van der Waals surface area contributed by atoms with E-state index < -0.39 is 0 Å². The zero-order valence-electron chi connectivity index (χ0n) is 8.71. The van der Waals surface area contributed by atoms with Crippen molar-refractivity contribution in [2.24, 2.45) is 11.8 Å². The van der Waals surface area contributed by atoms with Crippen LogP contribution in [0.2, 0.25) is 0 Å². The predicted molar refractivity (Wildman–Crippen MR) is 51.1 cm³/mol. The van der Waals surface area contributed by atoms with Gasteiger partial charge in [-0.1, -0.05) is 20.8 Å². The number of aliphatic hydroxyl groups excluding tert-OH is 1. The molecule has 0 aliphatic rings. The molecule has 2 nitrogen and oxygen atoms in total. The van der Waals surface area contributed by atoms with Crippen LogP contribution in [0, 0.1) is 11.8 Å². The van der Waals surface area contributed by atoms with Gasteiger partial charge in [0.05, 0.1) is 6.10 Å². The average molecular weight is 174 g/mol. The van der Waals surface area contributed by atoms with Gasteiger partial charge in [-0.25, -0.2) is 0 Å². The smallest absolute Gasteiger partial charge is 0.0618 e. The van der Waals surface area contributed by atoms with Gasteiger partial charge < -0.3 is 9.84 Å². The number of hydrogen-bond acceptors (Lipinski definition) is 2. The molecule has 0 heterocycles. The fourth-order valence-electron chi connectivity index (χ4n) is 1.25. The minimum absolute atomic E-state index is 0.219. The quantitative estimate of drug-likeness (QED) is 0.668. The lowest BCUT2D eigenvalue weighted by Gasteiger charge is -2.21. The van der Waals surface area contributed by atoms with Crippen LogP contribution in [0.5, 0.6) is 0 Å². The second-order valence-corrected chi connectivity index (χ2v) is 3.91. The lowest BCUT2D eigenvalue weighted by Crippen LogP contribution is -2.23. The Labute approximate surface area is 75.9 Å².